The Labute approximate surface area is 105 Å². The molecule has 1 rings (SSSR count). The molecule has 0 aromatic heterocycles. The third-order valence-corrected chi connectivity index (χ3v) is 3.99. The summed E-state index contributed by atoms with van der Waals surface area (Å²) in [6.07, 6.45) is 1.78. The lowest BCUT2D eigenvalue weighted by atomic mass is 9.92. The standard InChI is InChI=1S/C13H27N3O/c1-5-11(14)13(17)15(4)12-7-8-16(6-2)9-10(12)3/h10-12H,5-9,14H2,1-4H3/t10-,11-,12+/m0/s1. The van der Waals surface area contributed by atoms with Crippen LogP contribution in [0.25, 0.3) is 0 Å². The maximum atomic E-state index is 12.1. The Morgan fingerprint density at radius 3 is 2.65 bits per heavy atom. The molecule has 0 spiro atoms. The molecule has 0 aromatic rings. The number of likely N-dealkylation sites (N-methyl/N-ethyl adjacent to an activating group) is 1. The van der Waals surface area contributed by atoms with Gasteiger partial charge in [0.25, 0.3) is 0 Å². The average molecular weight is 241 g/mol. The van der Waals surface area contributed by atoms with Crippen LogP contribution in [0.3, 0.4) is 0 Å². The summed E-state index contributed by atoms with van der Waals surface area (Å²) in [4.78, 5) is 16.4. The highest BCUT2D eigenvalue weighted by molar-refractivity contribution is 5.81. The zero-order valence-electron chi connectivity index (χ0n) is 11.6. The van der Waals surface area contributed by atoms with E-state index in [-0.39, 0.29) is 11.9 Å². The molecule has 1 amide bonds. The molecule has 100 valence electrons. The zero-order chi connectivity index (χ0) is 13.0. The number of nitrogens with two attached hydrogens (primary N) is 1. The number of rotatable bonds is 4. The van der Waals surface area contributed by atoms with E-state index in [2.05, 4.69) is 18.7 Å². The minimum Gasteiger partial charge on any atom is -0.341 e. The Bertz CT molecular complexity index is 257. The van der Waals surface area contributed by atoms with E-state index in [9.17, 15) is 4.79 Å². The Morgan fingerprint density at radius 1 is 1.53 bits per heavy atom. The number of likely N-dealkylation sites (tertiary alicyclic amines) is 1. The predicted molar refractivity (Wildman–Crippen MR) is 70.7 cm³/mol. The van der Waals surface area contributed by atoms with Gasteiger partial charge in [0, 0.05) is 26.2 Å². The zero-order valence-corrected chi connectivity index (χ0v) is 11.6. The van der Waals surface area contributed by atoms with Gasteiger partial charge in [-0.3, -0.25) is 4.79 Å². The van der Waals surface area contributed by atoms with Gasteiger partial charge in [0.15, 0.2) is 0 Å². The van der Waals surface area contributed by atoms with Gasteiger partial charge in [-0.25, -0.2) is 0 Å². The maximum Gasteiger partial charge on any atom is 0.239 e. The number of hydrogen-bond donors (Lipinski definition) is 1. The van der Waals surface area contributed by atoms with E-state index in [1.807, 2.05) is 18.9 Å². The van der Waals surface area contributed by atoms with Crippen molar-refractivity contribution in [3.8, 4) is 0 Å². The number of piperidine rings is 1. The van der Waals surface area contributed by atoms with Gasteiger partial charge in [0.2, 0.25) is 5.91 Å². The smallest absolute Gasteiger partial charge is 0.239 e. The van der Waals surface area contributed by atoms with Crippen LogP contribution in [0.2, 0.25) is 0 Å². The highest BCUT2D eigenvalue weighted by Crippen LogP contribution is 2.21. The summed E-state index contributed by atoms with van der Waals surface area (Å²) < 4.78 is 0. The van der Waals surface area contributed by atoms with Crippen LogP contribution in [0.5, 0.6) is 0 Å². The second-order valence-electron chi connectivity index (χ2n) is 5.19. The third kappa shape index (κ3) is 3.42. The summed E-state index contributed by atoms with van der Waals surface area (Å²) >= 11 is 0. The largest absolute Gasteiger partial charge is 0.341 e. The molecule has 4 nitrogen and oxygen atoms in total. The SMILES string of the molecule is CC[C@H](N)C(=O)N(C)[C@@H]1CCN(CC)C[C@@H]1C. The van der Waals surface area contributed by atoms with E-state index in [0.717, 1.165) is 26.1 Å². The van der Waals surface area contributed by atoms with Crippen molar-refractivity contribution in [3.05, 3.63) is 0 Å². The summed E-state index contributed by atoms with van der Waals surface area (Å²) in [5.74, 6) is 0.621. The van der Waals surface area contributed by atoms with Crippen molar-refractivity contribution >= 4 is 5.91 Å². The quantitative estimate of drug-likeness (QED) is 0.796. The van der Waals surface area contributed by atoms with Gasteiger partial charge in [-0.1, -0.05) is 20.8 Å². The van der Waals surface area contributed by atoms with Crippen LogP contribution < -0.4 is 5.73 Å². The number of nitrogens with zero attached hydrogens (tertiary/aromatic N) is 2. The summed E-state index contributed by atoms with van der Waals surface area (Å²) in [5, 5.41) is 0. The number of amides is 1. The van der Waals surface area contributed by atoms with Crippen molar-refractivity contribution < 1.29 is 4.79 Å². The minimum atomic E-state index is -0.337. The van der Waals surface area contributed by atoms with E-state index in [1.54, 1.807) is 0 Å². The lowest BCUT2D eigenvalue weighted by Gasteiger charge is -2.41. The van der Waals surface area contributed by atoms with Gasteiger partial charge in [0.1, 0.15) is 0 Å². The van der Waals surface area contributed by atoms with Crippen LogP contribution in [0.15, 0.2) is 0 Å². The molecule has 0 aromatic carbocycles. The van der Waals surface area contributed by atoms with Crippen LogP contribution in [-0.2, 0) is 4.79 Å². The number of carbonyl (C=O) groups excluding carboxylic acids is 1. The Kier molecular flexibility index (Phi) is 5.40. The molecule has 0 unspecified atom stereocenters. The molecule has 0 aliphatic carbocycles. The molecular weight excluding hydrogens is 214 g/mol. The molecule has 4 heteroatoms. The first-order chi connectivity index (χ1) is 8.01. The van der Waals surface area contributed by atoms with Crippen molar-refractivity contribution in [2.75, 3.05) is 26.7 Å². The monoisotopic (exact) mass is 241 g/mol. The van der Waals surface area contributed by atoms with Crippen molar-refractivity contribution in [2.45, 2.75) is 45.7 Å². The van der Waals surface area contributed by atoms with E-state index < -0.39 is 0 Å². The highest BCUT2D eigenvalue weighted by Gasteiger charge is 2.31. The molecule has 17 heavy (non-hydrogen) atoms. The molecule has 1 aliphatic rings. The fourth-order valence-electron chi connectivity index (χ4n) is 2.68. The van der Waals surface area contributed by atoms with Crippen LogP contribution in [0.4, 0.5) is 0 Å². The van der Waals surface area contributed by atoms with Gasteiger partial charge in [-0.05, 0) is 25.3 Å². The number of carbonyl (C=O) groups is 1. The van der Waals surface area contributed by atoms with Gasteiger partial charge in [-0.2, -0.15) is 0 Å². The minimum absolute atomic E-state index is 0.0919. The Hall–Kier alpha value is -0.610. The fourth-order valence-corrected chi connectivity index (χ4v) is 2.68. The topological polar surface area (TPSA) is 49.6 Å². The second-order valence-corrected chi connectivity index (χ2v) is 5.19. The molecular formula is C13H27N3O. The lowest BCUT2D eigenvalue weighted by molar-refractivity contribution is -0.135. The van der Waals surface area contributed by atoms with Crippen molar-refractivity contribution in [3.63, 3.8) is 0 Å². The second kappa shape index (κ2) is 6.36. The third-order valence-electron chi connectivity index (χ3n) is 3.99. The maximum absolute atomic E-state index is 12.1. The average Bonchev–Trinajstić information content (AvgIpc) is 2.35. The normalized spacial score (nSPS) is 27.8. The van der Waals surface area contributed by atoms with Crippen LogP contribution in [0.1, 0.15) is 33.6 Å². The fraction of sp³-hybridized carbons (Fsp3) is 0.923. The molecule has 1 fully saturated rings. The highest BCUT2D eigenvalue weighted by atomic mass is 16.2. The van der Waals surface area contributed by atoms with Gasteiger partial charge in [0.05, 0.1) is 6.04 Å². The molecule has 0 saturated carbocycles. The predicted octanol–water partition coefficient (Wildman–Crippen LogP) is 0.912. The van der Waals surface area contributed by atoms with E-state index in [0.29, 0.717) is 18.4 Å². The molecule has 2 N–H and O–H groups in total. The summed E-state index contributed by atoms with van der Waals surface area (Å²) in [6, 6.07) is 0.0132. The first kappa shape index (κ1) is 14.5. The van der Waals surface area contributed by atoms with E-state index >= 15 is 0 Å². The van der Waals surface area contributed by atoms with Gasteiger partial charge < -0.3 is 15.5 Å². The molecule has 3 atom stereocenters. The summed E-state index contributed by atoms with van der Waals surface area (Å²) in [7, 11) is 1.90. The molecule has 1 heterocycles. The van der Waals surface area contributed by atoms with Crippen molar-refractivity contribution in [2.24, 2.45) is 11.7 Å². The molecule has 1 saturated heterocycles. The molecule has 1 aliphatic heterocycles. The summed E-state index contributed by atoms with van der Waals surface area (Å²) in [6.45, 7) is 9.65. The molecule has 0 bridgehead atoms. The lowest BCUT2D eigenvalue weighted by Crippen LogP contribution is -2.53. The van der Waals surface area contributed by atoms with Crippen molar-refractivity contribution in [1.82, 2.24) is 9.80 Å². The van der Waals surface area contributed by atoms with E-state index in [4.69, 9.17) is 5.73 Å². The van der Waals surface area contributed by atoms with Gasteiger partial charge in [-0.15, -0.1) is 0 Å². The van der Waals surface area contributed by atoms with E-state index in [1.165, 1.54) is 0 Å². The van der Waals surface area contributed by atoms with Crippen molar-refractivity contribution in [1.29, 1.82) is 0 Å². The first-order valence-corrected chi connectivity index (χ1v) is 6.75. The van der Waals surface area contributed by atoms with Crippen LogP contribution in [0, 0.1) is 5.92 Å². The Balaban J connectivity index is 2.58. The van der Waals surface area contributed by atoms with Crippen LogP contribution in [-0.4, -0.2) is 54.5 Å². The Morgan fingerprint density at radius 2 is 2.18 bits per heavy atom. The molecule has 0 radical (unpaired) electrons. The van der Waals surface area contributed by atoms with Crippen LogP contribution >= 0.6 is 0 Å². The number of hydrogen-bond acceptors (Lipinski definition) is 3. The summed E-state index contributed by atoms with van der Waals surface area (Å²) in [5.41, 5.74) is 5.82. The van der Waals surface area contributed by atoms with Gasteiger partial charge >= 0.3 is 0 Å². The first-order valence-electron chi connectivity index (χ1n) is 6.75.